The van der Waals surface area contributed by atoms with Crippen LogP contribution < -0.4 is 10.3 Å². The summed E-state index contributed by atoms with van der Waals surface area (Å²) in [6, 6.07) is 20.3. The number of aryl methyl sites for hydroxylation is 1. The minimum Gasteiger partial charge on any atom is -0.494 e. The Bertz CT molecular complexity index is 1790. The average molecular weight is 535 g/mol. The molecule has 0 N–H and O–H groups in total. The molecule has 0 radical (unpaired) electrons. The van der Waals surface area contributed by atoms with E-state index >= 15 is 0 Å². The number of hydrogen-bond acceptors (Lipinski definition) is 4. The van der Waals surface area contributed by atoms with E-state index in [4.69, 9.17) is 14.8 Å². The van der Waals surface area contributed by atoms with Crippen molar-refractivity contribution in [3.8, 4) is 17.1 Å². The van der Waals surface area contributed by atoms with Crippen molar-refractivity contribution in [3.05, 3.63) is 93.4 Å². The maximum Gasteiger partial charge on any atom is 0.282 e. The van der Waals surface area contributed by atoms with E-state index in [0.717, 1.165) is 45.5 Å². The van der Waals surface area contributed by atoms with Crippen LogP contribution in [0, 0.1) is 13.8 Å². The van der Waals surface area contributed by atoms with E-state index in [0.29, 0.717) is 29.4 Å². The van der Waals surface area contributed by atoms with Crippen molar-refractivity contribution in [2.45, 2.75) is 66.8 Å². The van der Waals surface area contributed by atoms with Crippen LogP contribution in [0.1, 0.15) is 75.4 Å². The molecule has 2 aromatic heterocycles. The first kappa shape index (κ1) is 27.4. The van der Waals surface area contributed by atoms with Gasteiger partial charge >= 0.3 is 0 Å². The number of hydrogen-bond donors (Lipinski definition) is 0. The Morgan fingerprint density at radius 1 is 0.975 bits per heavy atom. The van der Waals surface area contributed by atoms with Crippen LogP contribution in [-0.4, -0.2) is 27.0 Å². The predicted molar refractivity (Wildman–Crippen MR) is 166 cm³/mol. The molecule has 0 spiro atoms. The number of benzene rings is 3. The molecule has 0 aliphatic carbocycles. The molecular formula is C34H38N4O2. The molecule has 0 amide bonds. The number of nitrogens with zero attached hydrogens (tertiary/aromatic N) is 4. The zero-order valence-electron chi connectivity index (χ0n) is 24.5. The van der Waals surface area contributed by atoms with Gasteiger partial charge in [0.05, 0.1) is 23.7 Å². The molecule has 1 atom stereocenters. The molecule has 5 rings (SSSR count). The Balaban J connectivity index is 1.77. The topological polar surface area (TPSA) is 61.4 Å². The molecule has 0 aliphatic rings. The molecule has 0 bridgehead atoms. The summed E-state index contributed by atoms with van der Waals surface area (Å²) in [5.41, 5.74) is 6.68. The summed E-state index contributed by atoms with van der Waals surface area (Å²) in [4.78, 5) is 18.9. The summed E-state index contributed by atoms with van der Waals surface area (Å²) < 4.78 is 9.79. The second-order valence-electron chi connectivity index (χ2n) is 10.8. The Morgan fingerprint density at radius 3 is 2.38 bits per heavy atom. The van der Waals surface area contributed by atoms with E-state index in [2.05, 4.69) is 63.5 Å². The highest BCUT2D eigenvalue weighted by atomic mass is 16.5. The van der Waals surface area contributed by atoms with Gasteiger partial charge in [0.1, 0.15) is 5.75 Å². The molecule has 5 aromatic rings. The lowest BCUT2D eigenvalue weighted by Gasteiger charge is -2.18. The minimum atomic E-state index is -0.195. The highest BCUT2D eigenvalue weighted by molar-refractivity contribution is 6.01. The fraction of sp³-hybridized carbons (Fsp3) is 0.324. The van der Waals surface area contributed by atoms with Gasteiger partial charge < -0.3 is 9.30 Å². The first-order valence-corrected chi connectivity index (χ1v) is 14.2. The molecule has 206 valence electrons. The van der Waals surface area contributed by atoms with Gasteiger partial charge in [0.15, 0.2) is 5.82 Å². The van der Waals surface area contributed by atoms with Crippen LogP contribution in [0.2, 0.25) is 0 Å². The van der Waals surface area contributed by atoms with E-state index in [9.17, 15) is 4.79 Å². The zero-order valence-corrected chi connectivity index (χ0v) is 24.5. The fourth-order valence-corrected chi connectivity index (χ4v) is 5.52. The van der Waals surface area contributed by atoms with Crippen molar-refractivity contribution in [1.82, 2.24) is 14.2 Å². The van der Waals surface area contributed by atoms with Gasteiger partial charge in [-0.1, -0.05) is 51.1 Å². The van der Waals surface area contributed by atoms with E-state index in [-0.39, 0.29) is 11.5 Å². The van der Waals surface area contributed by atoms with Gasteiger partial charge in [-0.15, -0.1) is 0 Å². The van der Waals surface area contributed by atoms with E-state index in [1.807, 2.05) is 56.5 Å². The number of para-hydroxylation sites is 2. The molecule has 6 heteroatoms. The molecule has 2 heterocycles. The average Bonchev–Trinajstić information content (AvgIpc) is 3.23. The normalized spacial score (nSPS) is 12.7. The van der Waals surface area contributed by atoms with Gasteiger partial charge in [0.25, 0.3) is 5.56 Å². The van der Waals surface area contributed by atoms with Crippen LogP contribution in [0.5, 0.6) is 5.75 Å². The monoisotopic (exact) mass is 534 g/mol. The van der Waals surface area contributed by atoms with Crippen LogP contribution in [0.4, 0.5) is 0 Å². The quantitative estimate of drug-likeness (QED) is 0.189. The van der Waals surface area contributed by atoms with Crippen LogP contribution in [0.25, 0.3) is 33.2 Å². The number of rotatable bonds is 8. The first-order valence-electron chi connectivity index (χ1n) is 14.2. The van der Waals surface area contributed by atoms with Gasteiger partial charge in [0.2, 0.25) is 0 Å². The first-order chi connectivity index (χ1) is 19.3. The van der Waals surface area contributed by atoms with E-state index in [1.54, 1.807) is 0 Å². The van der Waals surface area contributed by atoms with Crippen LogP contribution in [0.3, 0.4) is 0 Å². The second-order valence-corrected chi connectivity index (χ2v) is 10.8. The highest BCUT2D eigenvalue weighted by Crippen LogP contribution is 2.34. The van der Waals surface area contributed by atoms with Crippen molar-refractivity contribution in [2.24, 2.45) is 5.10 Å². The molecule has 40 heavy (non-hydrogen) atoms. The maximum atomic E-state index is 13.9. The standard InChI is InChI=1S/C34H38N4O2/c1-8-23(6)37-24(7)29(25-14-11-13-17-31(25)37)20-35-38-33(36-30-16-12-10-15-26(30)34(38)39)28-19-27(21(3)4)32(40-9-2)18-22(28)5/h10-21,23H,8-9H2,1-7H3/t23-/m1/s1. The zero-order chi connectivity index (χ0) is 28.6. The van der Waals surface area contributed by atoms with Gasteiger partial charge in [-0.2, -0.15) is 9.78 Å². The van der Waals surface area contributed by atoms with Gasteiger partial charge in [-0.3, -0.25) is 4.79 Å². The highest BCUT2D eigenvalue weighted by Gasteiger charge is 2.20. The van der Waals surface area contributed by atoms with Gasteiger partial charge in [-0.25, -0.2) is 4.98 Å². The second kappa shape index (κ2) is 11.1. The lowest BCUT2D eigenvalue weighted by atomic mass is 9.96. The number of fused-ring (bicyclic) bond motifs is 2. The molecular weight excluding hydrogens is 496 g/mol. The number of aromatic nitrogens is 3. The van der Waals surface area contributed by atoms with Crippen LogP contribution in [0.15, 0.2) is 70.6 Å². The largest absolute Gasteiger partial charge is 0.494 e. The predicted octanol–water partition coefficient (Wildman–Crippen LogP) is 8.01. The lowest BCUT2D eigenvalue weighted by Crippen LogP contribution is -2.21. The van der Waals surface area contributed by atoms with Crippen LogP contribution in [-0.2, 0) is 0 Å². The summed E-state index contributed by atoms with van der Waals surface area (Å²) in [5, 5.41) is 6.51. The fourth-order valence-electron chi connectivity index (χ4n) is 5.52. The Morgan fingerprint density at radius 2 is 1.68 bits per heavy atom. The van der Waals surface area contributed by atoms with Crippen molar-refractivity contribution in [2.75, 3.05) is 6.61 Å². The minimum absolute atomic E-state index is 0.195. The summed E-state index contributed by atoms with van der Waals surface area (Å²) in [5.74, 6) is 1.62. The van der Waals surface area contributed by atoms with Crippen molar-refractivity contribution in [1.29, 1.82) is 0 Å². The van der Waals surface area contributed by atoms with E-state index < -0.39 is 0 Å². The summed E-state index contributed by atoms with van der Waals surface area (Å²) >= 11 is 0. The smallest absolute Gasteiger partial charge is 0.282 e. The van der Waals surface area contributed by atoms with Crippen LogP contribution >= 0.6 is 0 Å². The third-order valence-corrected chi connectivity index (χ3v) is 7.81. The van der Waals surface area contributed by atoms with Crippen molar-refractivity contribution in [3.63, 3.8) is 0 Å². The van der Waals surface area contributed by atoms with Gasteiger partial charge in [0, 0.05) is 33.8 Å². The Labute approximate surface area is 235 Å². The molecule has 0 saturated heterocycles. The summed E-state index contributed by atoms with van der Waals surface area (Å²) in [6.45, 7) is 15.5. The third-order valence-electron chi connectivity index (χ3n) is 7.81. The van der Waals surface area contributed by atoms with Crippen molar-refractivity contribution < 1.29 is 4.74 Å². The molecule has 6 nitrogen and oxygen atoms in total. The maximum absolute atomic E-state index is 13.9. The molecule has 0 saturated carbocycles. The third kappa shape index (κ3) is 4.72. The molecule has 0 unspecified atom stereocenters. The molecule has 3 aromatic carbocycles. The van der Waals surface area contributed by atoms with E-state index in [1.165, 1.54) is 10.2 Å². The summed E-state index contributed by atoms with van der Waals surface area (Å²) in [6.07, 6.45) is 2.84. The SMILES string of the molecule is CCOc1cc(C)c(-c2nc3ccccc3c(=O)n2N=Cc2c(C)n([C@H](C)CC)c3ccccc23)cc1C(C)C. The Kier molecular flexibility index (Phi) is 7.61. The Hall–Kier alpha value is -4.19. The number of ether oxygens (including phenoxy) is 1. The molecule has 0 aliphatic heterocycles. The lowest BCUT2D eigenvalue weighted by molar-refractivity contribution is 0.335. The van der Waals surface area contributed by atoms with Crippen molar-refractivity contribution >= 4 is 28.0 Å². The molecule has 0 fully saturated rings. The summed E-state index contributed by atoms with van der Waals surface area (Å²) in [7, 11) is 0. The van der Waals surface area contributed by atoms with Gasteiger partial charge in [-0.05, 0) is 81.5 Å².